The molecule has 190 valence electrons. The summed E-state index contributed by atoms with van der Waals surface area (Å²) in [4.78, 5) is 2.06. The predicted octanol–water partition coefficient (Wildman–Crippen LogP) is 2.90. The molecule has 2 aliphatic heterocycles. The Morgan fingerprint density at radius 3 is 2.40 bits per heavy atom. The van der Waals surface area contributed by atoms with Gasteiger partial charge in [0.05, 0.1) is 12.3 Å². The Balaban J connectivity index is 1.63. The van der Waals surface area contributed by atoms with Crippen molar-refractivity contribution in [2.75, 3.05) is 46.8 Å². The van der Waals surface area contributed by atoms with Crippen molar-refractivity contribution in [3.63, 3.8) is 0 Å². The lowest BCUT2D eigenvalue weighted by Crippen LogP contribution is -2.58. The number of halogens is 1. The number of rotatable bonds is 10. The van der Waals surface area contributed by atoms with Crippen LogP contribution in [0.2, 0.25) is 5.02 Å². The largest absolute Gasteiger partial charge is 0.308 e. The van der Waals surface area contributed by atoms with Gasteiger partial charge in [-0.15, -0.1) is 0 Å². The minimum Gasteiger partial charge on any atom is -0.308 e. The first-order chi connectivity index (χ1) is 16.8. The summed E-state index contributed by atoms with van der Waals surface area (Å²) in [7, 11) is 0.324. The molecule has 4 rings (SSSR count). The van der Waals surface area contributed by atoms with Gasteiger partial charge >= 0.3 is 0 Å². The van der Waals surface area contributed by atoms with Crippen molar-refractivity contribution < 1.29 is 8.42 Å². The molecule has 0 amide bonds. The standard InChI is InChI=1S/C25H35ClN6O2S/c1-30(2)18-15-27-25(29-35(33,34)31-16-7-4-8-17-31)32-19-23(20-9-5-3-6-10-20)24(28-32)21-11-13-22(26)14-12-21/h3,5-6,9-14,23,25,27,29H,4,7-8,15-19H2,1-2H3. The first-order valence-corrected chi connectivity index (χ1v) is 14.0. The summed E-state index contributed by atoms with van der Waals surface area (Å²) in [6.07, 6.45) is 2.17. The Hall–Kier alpha value is -2.01. The second-order valence-electron chi connectivity index (χ2n) is 9.32. The Morgan fingerprint density at radius 1 is 1.06 bits per heavy atom. The lowest BCUT2D eigenvalue weighted by Gasteiger charge is -2.32. The highest BCUT2D eigenvalue weighted by Crippen LogP contribution is 2.30. The summed E-state index contributed by atoms with van der Waals surface area (Å²) >= 11 is 6.13. The molecule has 0 spiro atoms. The van der Waals surface area contributed by atoms with Crippen molar-refractivity contribution in [1.29, 1.82) is 0 Å². The maximum Gasteiger partial charge on any atom is 0.282 e. The van der Waals surface area contributed by atoms with Crippen LogP contribution in [0, 0.1) is 0 Å². The molecule has 0 aliphatic carbocycles. The van der Waals surface area contributed by atoms with E-state index in [2.05, 4.69) is 27.1 Å². The van der Waals surface area contributed by atoms with E-state index in [0.717, 1.165) is 42.6 Å². The van der Waals surface area contributed by atoms with E-state index in [1.165, 1.54) is 0 Å². The maximum atomic E-state index is 13.3. The maximum absolute atomic E-state index is 13.3. The molecule has 0 radical (unpaired) electrons. The molecule has 8 nitrogen and oxygen atoms in total. The summed E-state index contributed by atoms with van der Waals surface area (Å²) in [6, 6.07) is 17.9. The number of piperidine rings is 1. The van der Waals surface area contributed by atoms with Gasteiger partial charge in [0.2, 0.25) is 0 Å². The van der Waals surface area contributed by atoms with E-state index < -0.39 is 16.5 Å². The molecule has 2 aromatic rings. The van der Waals surface area contributed by atoms with Gasteiger partial charge in [-0.3, -0.25) is 10.3 Å². The molecule has 0 saturated carbocycles. The molecule has 2 aliphatic rings. The molecule has 2 heterocycles. The summed E-state index contributed by atoms with van der Waals surface area (Å²) in [5, 5.41) is 10.8. The minimum atomic E-state index is -3.66. The highest BCUT2D eigenvalue weighted by Gasteiger charge is 2.35. The molecule has 2 atom stereocenters. The van der Waals surface area contributed by atoms with E-state index in [1.54, 1.807) is 4.31 Å². The van der Waals surface area contributed by atoms with Gasteiger partial charge in [0.1, 0.15) is 0 Å². The number of likely N-dealkylation sites (N-methyl/N-ethyl adjacent to an activating group) is 1. The SMILES string of the molecule is CN(C)CCNC(NS(=O)(=O)N1CCCCC1)N1CC(c2ccccc2)C(c2ccc(Cl)cc2)=N1. The lowest BCUT2D eigenvalue weighted by atomic mass is 9.91. The third-order valence-corrected chi connectivity index (χ3v) is 8.21. The molecule has 2 aromatic carbocycles. The molecular weight excluding hydrogens is 484 g/mol. The number of benzene rings is 2. The van der Waals surface area contributed by atoms with Crippen LogP contribution in [0.3, 0.4) is 0 Å². The van der Waals surface area contributed by atoms with Crippen molar-refractivity contribution in [3.8, 4) is 0 Å². The van der Waals surface area contributed by atoms with E-state index >= 15 is 0 Å². The molecular formula is C25H35ClN6O2S. The lowest BCUT2D eigenvalue weighted by molar-refractivity contribution is 0.166. The van der Waals surface area contributed by atoms with Crippen LogP contribution in [-0.2, 0) is 10.2 Å². The van der Waals surface area contributed by atoms with E-state index in [0.29, 0.717) is 31.2 Å². The zero-order valence-electron chi connectivity index (χ0n) is 20.4. The van der Waals surface area contributed by atoms with Crippen molar-refractivity contribution >= 4 is 27.5 Å². The van der Waals surface area contributed by atoms with Crippen LogP contribution in [0.15, 0.2) is 59.7 Å². The predicted molar refractivity (Wildman–Crippen MR) is 142 cm³/mol. The zero-order chi connectivity index (χ0) is 24.8. The second-order valence-corrected chi connectivity index (χ2v) is 11.5. The second kappa shape index (κ2) is 11.8. The number of nitrogens with one attached hydrogen (secondary N) is 2. The molecule has 0 bridgehead atoms. The molecule has 0 aromatic heterocycles. The molecule has 2 unspecified atom stereocenters. The van der Waals surface area contributed by atoms with E-state index in [1.807, 2.05) is 61.6 Å². The highest BCUT2D eigenvalue weighted by molar-refractivity contribution is 7.87. The van der Waals surface area contributed by atoms with Crippen LogP contribution >= 0.6 is 11.6 Å². The van der Waals surface area contributed by atoms with Gasteiger partial charge in [0.25, 0.3) is 10.2 Å². The zero-order valence-corrected chi connectivity index (χ0v) is 22.0. The first-order valence-electron chi connectivity index (χ1n) is 12.1. The van der Waals surface area contributed by atoms with Crippen LogP contribution in [-0.4, -0.2) is 81.5 Å². The topological polar surface area (TPSA) is 80.3 Å². The van der Waals surface area contributed by atoms with Gasteiger partial charge < -0.3 is 4.90 Å². The van der Waals surface area contributed by atoms with Gasteiger partial charge in [-0.25, -0.2) is 0 Å². The Labute approximate surface area is 214 Å². The summed E-state index contributed by atoms with van der Waals surface area (Å²) < 4.78 is 31.0. The fourth-order valence-corrected chi connectivity index (χ4v) is 5.97. The Kier molecular flexibility index (Phi) is 8.80. The van der Waals surface area contributed by atoms with Gasteiger partial charge in [-0.1, -0.05) is 60.5 Å². The average Bonchev–Trinajstić information content (AvgIpc) is 3.30. The van der Waals surface area contributed by atoms with Crippen LogP contribution in [0.4, 0.5) is 0 Å². The van der Waals surface area contributed by atoms with E-state index in [4.69, 9.17) is 16.7 Å². The molecule has 1 fully saturated rings. The first kappa shape index (κ1) is 26.1. The van der Waals surface area contributed by atoms with Gasteiger partial charge in [-0.05, 0) is 50.2 Å². The summed E-state index contributed by atoms with van der Waals surface area (Å²) in [5.41, 5.74) is 3.00. The van der Waals surface area contributed by atoms with Crippen LogP contribution in [0.5, 0.6) is 0 Å². The van der Waals surface area contributed by atoms with Crippen molar-refractivity contribution in [1.82, 2.24) is 24.3 Å². The van der Waals surface area contributed by atoms with Crippen molar-refractivity contribution in [3.05, 3.63) is 70.7 Å². The van der Waals surface area contributed by atoms with Crippen molar-refractivity contribution in [2.45, 2.75) is 31.5 Å². The summed E-state index contributed by atoms with van der Waals surface area (Å²) in [6.45, 7) is 3.02. The van der Waals surface area contributed by atoms with Gasteiger partial charge in [0.15, 0.2) is 6.29 Å². The van der Waals surface area contributed by atoms with E-state index in [9.17, 15) is 8.42 Å². The van der Waals surface area contributed by atoms with Crippen LogP contribution in [0.25, 0.3) is 0 Å². The van der Waals surface area contributed by atoms with E-state index in [-0.39, 0.29) is 5.92 Å². The average molecular weight is 519 g/mol. The quantitative estimate of drug-likeness (QED) is 0.473. The van der Waals surface area contributed by atoms with Crippen LogP contribution in [0.1, 0.15) is 36.3 Å². The Bertz CT molecular complexity index is 1090. The fraction of sp³-hybridized carbons (Fsp3) is 0.480. The monoisotopic (exact) mass is 518 g/mol. The Morgan fingerprint density at radius 2 is 1.74 bits per heavy atom. The molecule has 10 heteroatoms. The molecule has 35 heavy (non-hydrogen) atoms. The number of nitrogens with zero attached hydrogens (tertiary/aromatic N) is 4. The molecule has 2 N–H and O–H groups in total. The smallest absolute Gasteiger partial charge is 0.282 e. The molecule has 1 saturated heterocycles. The minimum absolute atomic E-state index is 0.00462. The highest BCUT2D eigenvalue weighted by atomic mass is 35.5. The summed E-state index contributed by atoms with van der Waals surface area (Å²) in [5.74, 6) is -0.00462. The number of hydrogen-bond donors (Lipinski definition) is 2. The third-order valence-electron chi connectivity index (χ3n) is 6.39. The number of hydrogen-bond acceptors (Lipinski definition) is 6. The van der Waals surface area contributed by atoms with Gasteiger partial charge in [0, 0.05) is 37.1 Å². The fourth-order valence-electron chi connectivity index (χ4n) is 4.47. The number of hydrazone groups is 1. The van der Waals surface area contributed by atoms with Crippen molar-refractivity contribution in [2.24, 2.45) is 5.10 Å². The van der Waals surface area contributed by atoms with Crippen LogP contribution < -0.4 is 10.0 Å². The third kappa shape index (κ3) is 6.81. The normalized spacial score (nSPS) is 20.3. The van der Waals surface area contributed by atoms with Gasteiger partial charge in [-0.2, -0.15) is 22.5 Å².